The Morgan fingerprint density at radius 2 is 1.82 bits per heavy atom. The Labute approximate surface area is 230 Å². The van der Waals surface area contributed by atoms with Crippen molar-refractivity contribution in [3.8, 4) is 10.4 Å². The second kappa shape index (κ2) is 11.4. The molecule has 1 aromatic carbocycles. The number of aromatic nitrogens is 3. The number of fused-ring (bicyclic) bond motifs is 1. The van der Waals surface area contributed by atoms with E-state index in [2.05, 4.69) is 108 Å². The molecule has 0 aliphatic carbocycles. The summed E-state index contributed by atoms with van der Waals surface area (Å²) in [5.74, 6) is 0.790. The second-order valence-electron chi connectivity index (χ2n) is 10.9. The highest BCUT2D eigenvalue weighted by Crippen LogP contribution is 2.36. The standard InChI is InChI=1S/C30H39N7S/c1-20(27-11-12-28(38-27)25-10-8-7-9-22(25)19-35(3)4)32-30-26-17-24(18-31-29(26)21(2)33-34-30)37-15-13-23(14-16-37)36(5)6/h7-12,17-18,20,23H,13-16,19H2,1-6H3,(H,32,34)/t20-/m1/s1. The molecule has 4 aromatic rings. The molecule has 38 heavy (non-hydrogen) atoms. The van der Waals surface area contributed by atoms with Gasteiger partial charge in [-0.1, -0.05) is 24.3 Å². The maximum Gasteiger partial charge on any atom is 0.158 e. The van der Waals surface area contributed by atoms with Crippen molar-refractivity contribution in [2.45, 2.75) is 45.3 Å². The lowest BCUT2D eigenvalue weighted by Crippen LogP contribution is -2.42. The molecular weight excluding hydrogens is 490 g/mol. The van der Waals surface area contributed by atoms with E-state index >= 15 is 0 Å². The summed E-state index contributed by atoms with van der Waals surface area (Å²) in [4.78, 5) is 14.4. The lowest BCUT2D eigenvalue weighted by atomic mass is 10.0. The number of rotatable bonds is 8. The van der Waals surface area contributed by atoms with Crippen LogP contribution in [-0.4, -0.2) is 72.3 Å². The number of anilines is 2. The molecule has 3 aromatic heterocycles. The SMILES string of the molecule is Cc1nnc(N[C@H](C)c2ccc(-c3ccccc3CN(C)C)s2)c2cc(N3CCC(N(C)C)CC3)cnc12. The van der Waals surface area contributed by atoms with Crippen molar-refractivity contribution in [3.63, 3.8) is 0 Å². The van der Waals surface area contributed by atoms with Gasteiger partial charge in [0.15, 0.2) is 5.82 Å². The largest absolute Gasteiger partial charge is 0.370 e. The van der Waals surface area contributed by atoms with Gasteiger partial charge in [-0.2, -0.15) is 5.10 Å². The molecular formula is C30H39N7S. The van der Waals surface area contributed by atoms with Gasteiger partial charge >= 0.3 is 0 Å². The molecule has 8 heteroatoms. The molecule has 1 saturated heterocycles. The summed E-state index contributed by atoms with van der Waals surface area (Å²) in [5, 5.41) is 13.7. The van der Waals surface area contributed by atoms with E-state index in [1.165, 1.54) is 33.7 Å². The molecule has 0 radical (unpaired) electrons. The Balaban J connectivity index is 1.38. The summed E-state index contributed by atoms with van der Waals surface area (Å²) >= 11 is 1.83. The van der Waals surface area contributed by atoms with Gasteiger partial charge in [-0.3, -0.25) is 4.98 Å². The van der Waals surface area contributed by atoms with Crippen molar-refractivity contribution in [3.05, 3.63) is 64.8 Å². The van der Waals surface area contributed by atoms with Gasteiger partial charge < -0.3 is 20.0 Å². The van der Waals surface area contributed by atoms with Gasteiger partial charge in [0.25, 0.3) is 0 Å². The van der Waals surface area contributed by atoms with E-state index in [9.17, 15) is 0 Å². The van der Waals surface area contributed by atoms with Gasteiger partial charge in [0.2, 0.25) is 0 Å². The average Bonchev–Trinajstić information content (AvgIpc) is 3.40. The fourth-order valence-electron chi connectivity index (χ4n) is 5.31. The Morgan fingerprint density at radius 3 is 2.55 bits per heavy atom. The van der Waals surface area contributed by atoms with Crippen LogP contribution in [0.15, 0.2) is 48.7 Å². The lowest BCUT2D eigenvalue weighted by Gasteiger charge is -2.36. The third-order valence-electron chi connectivity index (χ3n) is 7.51. The van der Waals surface area contributed by atoms with Crippen LogP contribution in [0, 0.1) is 6.92 Å². The third-order valence-corrected chi connectivity index (χ3v) is 8.81. The fraction of sp³-hybridized carbons (Fsp3) is 0.433. The zero-order valence-electron chi connectivity index (χ0n) is 23.4. The van der Waals surface area contributed by atoms with Crippen LogP contribution in [0.4, 0.5) is 11.5 Å². The minimum Gasteiger partial charge on any atom is -0.370 e. The Morgan fingerprint density at radius 1 is 1.05 bits per heavy atom. The summed E-state index contributed by atoms with van der Waals surface area (Å²) in [6.07, 6.45) is 4.33. The Hall–Kier alpha value is -3.07. The van der Waals surface area contributed by atoms with Crippen LogP contribution in [0.25, 0.3) is 21.3 Å². The number of aryl methyl sites for hydroxylation is 1. The van der Waals surface area contributed by atoms with Crippen LogP contribution >= 0.6 is 11.3 Å². The number of piperidine rings is 1. The molecule has 0 spiro atoms. The smallest absolute Gasteiger partial charge is 0.158 e. The van der Waals surface area contributed by atoms with Crippen LogP contribution in [0.1, 0.15) is 41.9 Å². The third kappa shape index (κ3) is 5.67. The van der Waals surface area contributed by atoms with E-state index in [0.29, 0.717) is 6.04 Å². The van der Waals surface area contributed by atoms with Gasteiger partial charge in [-0.25, -0.2) is 0 Å². The van der Waals surface area contributed by atoms with E-state index in [4.69, 9.17) is 4.98 Å². The summed E-state index contributed by atoms with van der Waals surface area (Å²) in [7, 11) is 8.58. The first-order valence-corrected chi connectivity index (χ1v) is 14.3. The minimum absolute atomic E-state index is 0.0921. The second-order valence-corrected chi connectivity index (χ2v) is 12.0. The summed E-state index contributed by atoms with van der Waals surface area (Å²) in [5.41, 5.74) is 5.57. The Kier molecular flexibility index (Phi) is 7.93. The van der Waals surface area contributed by atoms with Gasteiger partial charge in [0.05, 0.1) is 29.1 Å². The fourth-order valence-corrected chi connectivity index (χ4v) is 6.39. The molecule has 1 aliphatic rings. The normalized spacial score (nSPS) is 15.5. The molecule has 5 rings (SSSR count). The molecule has 1 fully saturated rings. The van der Waals surface area contributed by atoms with Crippen LogP contribution in [0.2, 0.25) is 0 Å². The monoisotopic (exact) mass is 529 g/mol. The zero-order valence-corrected chi connectivity index (χ0v) is 24.2. The van der Waals surface area contributed by atoms with E-state index < -0.39 is 0 Å². The van der Waals surface area contributed by atoms with E-state index in [1.807, 2.05) is 24.5 Å². The Bertz CT molecular complexity index is 1390. The lowest BCUT2D eigenvalue weighted by molar-refractivity contribution is 0.249. The highest BCUT2D eigenvalue weighted by molar-refractivity contribution is 7.15. The average molecular weight is 530 g/mol. The van der Waals surface area contributed by atoms with Gasteiger partial charge in [-0.15, -0.1) is 16.4 Å². The molecule has 1 N–H and O–H groups in total. The summed E-state index contributed by atoms with van der Waals surface area (Å²) < 4.78 is 0. The van der Waals surface area contributed by atoms with Crippen molar-refractivity contribution in [2.75, 3.05) is 51.5 Å². The van der Waals surface area contributed by atoms with Crippen molar-refractivity contribution >= 4 is 33.7 Å². The van der Waals surface area contributed by atoms with Crippen LogP contribution in [-0.2, 0) is 6.54 Å². The molecule has 0 bridgehead atoms. The van der Waals surface area contributed by atoms with Crippen molar-refractivity contribution in [1.82, 2.24) is 25.0 Å². The van der Waals surface area contributed by atoms with E-state index in [0.717, 1.165) is 47.7 Å². The number of hydrogen-bond donors (Lipinski definition) is 1. The predicted octanol–water partition coefficient (Wildman–Crippen LogP) is 5.83. The maximum atomic E-state index is 4.83. The minimum atomic E-state index is 0.0921. The molecule has 1 aliphatic heterocycles. The van der Waals surface area contributed by atoms with E-state index in [-0.39, 0.29) is 6.04 Å². The quantitative estimate of drug-likeness (QED) is 0.308. The number of thiophene rings is 1. The molecule has 0 unspecified atom stereocenters. The number of nitrogens with zero attached hydrogens (tertiary/aromatic N) is 6. The van der Waals surface area contributed by atoms with Crippen LogP contribution in [0.5, 0.6) is 0 Å². The molecule has 1 atom stereocenters. The topological polar surface area (TPSA) is 60.4 Å². The van der Waals surface area contributed by atoms with Gasteiger partial charge in [0.1, 0.15) is 0 Å². The molecule has 200 valence electrons. The van der Waals surface area contributed by atoms with Crippen molar-refractivity contribution in [1.29, 1.82) is 0 Å². The highest BCUT2D eigenvalue weighted by Gasteiger charge is 2.22. The number of benzene rings is 1. The molecule has 4 heterocycles. The van der Waals surface area contributed by atoms with Crippen LogP contribution in [0.3, 0.4) is 0 Å². The summed E-state index contributed by atoms with van der Waals surface area (Å²) in [6, 6.07) is 16.1. The summed E-state index contributed by atoms with van der Waals surface area (Å²) in [6.45, 7) is 7.18. The van der Waals surface area contributed by atoms with Gasteiger partial charge in [-0.05, 0) is 84.2 Å². The van der Waals surface area contributed by atoms with E-state index in [1.54, 1.807) is 0 Å². The van der Waals surface area contributed by atoms with Crippen molar-refractivity contribution < 1.29 is 0 Å². The first-order valence-electron chi connectivity index (χ1n) is 13.4. The highest BCUT2D eigenvalue weighted by atomic mass is 32.1. The number of hydrogen-bond acceptors (Lipinski definition) is 8. The first kappa shape index (κ1) is 26.5. The number of pyridine rings is 1. The molecule has 7 nitrogen and oxygen atoms in total. The first-order chi connectivity index (χ1) is 18.3. The predicted molar refractivity (Wildman–Crippen MR) is 160 cm³/mol. The van der Waals surface area contributed by atoms with Crippen LogP contribution < -0.4 is 10.2 Å². The molecule has 0 amide bonds. The zero-order chi connectivity index (χ0) is 26.8. The molecule has 0 saturated carbocycles. The van der Waals surface area contributed by atoms with Gasteiger partial charge in [0, 0.05) is 40.8 Å². The number of nitrogens with one attached hydrogen (secondary N) is 1. The van der Waals surface area contributed by atoms with Crippen molar-refractivity contribution in [2.24, 2.45) is 0 Å². The maximum absolute atomic E-state index is 4.83.